The van der Waals surface area contributed by atoms with E-state index in [0.717, 1.165) is 31.7 Å². The molecule has 106 valence electrons. The Kier molecular flexibility index (Phi) is 5.06. The lowest BCUT2D eigenvalue weighted by atomic mass is 9.71. The van der Waals surface area contributed by atoms with Crippen LogP contribution < -0.4 is 5.32 Å². The molecule has 0 aromatic heterocycles. The molecule has 0 amide bonds. The van der Waals surface area contributed by atoms with Crippen LogP contribution in [0.3, 0.4) is 0 Å². The first-order valence-corrected chi connectivity index (χ1v) is 8.04. The average molecular weight is 255 g/mol. The van der Waals surface area contributed by atoms with Crippen LogP contribution in [-0.2, 0) is 0 Å². The largest absolute Gasteiger partial charge is 0.314 e. The van der Waals surface area contributed by atoms with Crippen molar-refractivity contribution in [2.45, 2.75) is 83.3 Å². The van der Waals surface area contributed by atoms with E-state index in [9.17, 15) is 0 Å². The number of rotatable bonds is 4. The van der Waals surface area contributed by atoms with E-state index >= 15 is 4.39 Å². The molecule has 0 bridgehead atoms. The average Bonchev–Trinajstić information content (AvgIpc) is 2.39. The highest BCUT2D eigenvalue weighted by molar-refractivity contribution is 4.91. The molecule has 2 aliphatic rings. The first-order valence-electron chi connectivity index (χ1n) is 8.04. The van der Waals surface area contributed by atoms with Gasteiger partial charge in [-0.25, -0.2) is 4.39 Å². The first-order chi connectivity index (χ1) is 8.62. The fourth-order valence-corrected chi connectivity index (χ4v) is 3.96. The number of alkyl halides is 1. The molecule has 2 fully saturated rings. The van der Waals surface area contributed by atoms with E-state index in [1.807, 2.05) is 6.92 Å². The van der Waals surface area contributed by atoms with Crippen molar-refractivity contribution in [3.05, 3.63) is 0 Å². The fourth-order valence-electron chi connectivity index (χ4n) is 3.96. The Morgan fingerprint density at radius 2 is 2.00 bits per heavy atom. The van der Waals surface area contributed by atoms with Gasteiger partial charge < -0.3 is 5.32 Å². The van der Waals surface area contributed by atoms with E-state index in [0.29, 0.717) is 12.0 Å². The molecule has 1 saturated carbocycles. The van der Waals surface area contributed by atoms with Gasteiger partial charge in [0.2, 0.25) is 0 Å². The van der Waals surface area contributed by atoms with Gasteiger partial charge in [0.15, 0.2) is 0 Å². The van der Waals surface area contributed by atoms with Gasteiger partial charge in [-0.05, 0) is 57.4 Å². The van der Waals surface area contributed by atoms with Crippen LogP contribution in [0.25, 0.3) is 0 Å². The van der Waals surface area contributed by atoms with Gasteiger partial charge in [0.05, 0.1) is 0 Å². The Bertz CT molecular complexity index is 245. The molecule has 0 aromatic carbocycles. The second kappa shape index (κ2) is 6.36. The Hall–Kier alpha value is -0.110. The van der Waals surface area contributed by atoms with Crippen molar-refractivity contribution < 1.29 is 4.39 Å². The van der Waals surface area contributed by atoms with Gasteiger partial charge in [0.25, 0.3) is 0 Å². The molecule has 1 aliphatic carbocycles. The first kappa shape index (κ1) is 14.3. The maximum Gasteiger partial charge on any atom is 0.112 e. The zero-order valence-electron chi connectivity index (χ0n) is 12.2. The third kappa shape index (κ3) is 3.69. The zero-order chi connectivity index (χ0) is 13.0. The molecule has 1 saturated heterocycles. The molecule has 1 heterocycles. The van der Waals surface area contributed by atoms with Gasteiger partial charge in [-0.3, -0.25) is 0 Å². The second-order valence-corrected chi connectivity index (χ2v) is 6.77. The van der Waals surface area contributed by atoms with Crippen LogP contribution >= 0.6 is 0 Å². The van der Waals surface area contributed by atoms with Crippen LogP contribution in [-0.4, -0.2) is 18.3 Å². The second-order valence-electron chi connectivity index (χ2n) is 6.77. The standard InChI is InChI=1S/C16H30FN/c1-3-13-7-6-8-14(11-13)16(2,17)12-15-9-4-5-10-18-15/h13-15,18H,3-12H2,1-2H3. The van der Waals surface area contributed by atoms with Crippen molar-refractivity contribution in [1.82, 2.24) is 5.32 Å². The molecular weight excluding hydrogens is 225 g/mol. The SMILES string of the molecule is CCC1CCCC(C(C)(F)CC2CCCCN2)C1. The summed E-state index contributed by atoms with van der Waals surface area (Å²) in [6, 6.07) is 0.427. The lowest BCUT2D eigenvalue weighted by molar-refractivity contribution is 0.0363. The summed E-state index contributed by atoms with van der Waals surface area (Å²) in [7, 11) is 0. The summed E-state index contributed by atoms with van der Waals surface area (Å²) in [6.45, 7) is 5.21. The van der Waals surface area contributed by atoms with Crippen LogP contribution in [0.15, 0.2) is 0 Å². The number of nitrogens with one attached hydrogen (secondary N) is 1. The van der Waals surface area contributed by atoms with Crippen LogP contribution in [0.5, 0.6) is 0 Å². The summed E-state index contributed by atoms with van der Waals surface area (Å²) in [5, 5.41) is 3.50. The van der Waals surface area contributed by atoms with Crippen LogP contribution in [0, 0.1) is 11.8 Å². The van der Waals surface area contributed by atoms with Gasteiger partial charge in [-0.1, -0.05) is 32.6 Å². The summed E-state index contributed by atoms with van der Waals surface area (Å²) < 4.78 is 15.0. The van der Waals surface area contributed by atoms with E-state index in [-0.39, 0.29) is 0 Å². The lowest BCUT2D eigenvalue weighted by Crippen LogP contribution is -2.43. The van der Waals surface area contributed by atoms with Gasteiger partial charge in [-0.15, -0.1) is 0 Å². The highest BCUT2D eigenvalue weighted by atomic mass is 19.1. The molecular formula is C16H30FN. The summed E-state index contributed by atoms with van der Waals surface area (Å²) in [5.74, 6) is 1.08. The van der Waals surface area contributed by atoms with Crippen LogP contribution in [0.1, 0.15) is 71.6 Å². The van der Waals surface area contributed by atoms with Crippen molar-refractivity contribution in [1.29, 1.82) is 0 Å². The highest BCUT2D eigenvalue weighted by Gasteiger charge is 2.39. The molecule has 4 atom stereocenters. The molecule has 18 heavy (non-hydrogen) atoms. The summed E-state index contributed by atoms with van der Waals surface area (Å²) >= 11 is 0. The van der Waals surface area contributed by atoms with Crippen molar-refractivity contribution in [3.8, 4) is 0 Å². The normalized spacial score (nSPS) is 37.2. The van der Waals surface area contributed by atoms with E-state index < -0.39 is 5.67 Å². The third-order valence-corrected chi connectivity index (χ3v) is 5.27. The minimum atomic E-state index is -0.956. The number of piperidine rings is 1. The Morgan fingerprint density at radius 1 is 1.17 bits per heavy atom. The Morgan fingerprint density at radius 3 is 2.67 bits per heavy atom. The fraction of sp³-hybridized carbons (Fsp3) is 1.00. The molecule has 0 spiro atoms. The maximum atomic E-state index is 15.0. The summed E-state index contributed by atoms with van der Waals surface area (Å²) in [4.78, 5) is 0. The van der Waals surface area contributed by atoms with Crippen molar-refractivity contribution >= 4 is 0 Å². The Balaban J connectivity index is 1.87. The molecule has 1 nitrogen and oxygen atoms in total. The quantitative estimate of drug-likeness (QED) is 0.782. The molecule has 4 unspecified atom stereocenters. The van der Waals surface area contributed by atoms with E-state index in [1.54, 1.807) is 0 Å². The van der Waals surface area contributed by atoms with Crippen molar-refractivity contribution in [2.75, 3.05) is 6.54 Å². The van der Waals surface area contributed by atoms with E-state index in [4.69, 9.17) is 0 Å². The van der Waals surface area contributed by atoms with E-state index in [1.165, 1.54) is 38.5 Å². The maximum absolute atomic E-state index is 15.0. The van der Waals surface area contributed by atoms with Gasteiger partial charge in [0, 0.05) is 6.04 Å². The van der Waals surface area contributed by atoms with Crippen LogP contribution in [0.4, 0.5) is 4.39 Å². The van der Waals surface area contributed by atoms with Crippen molar-refractivity contribution in [2.24, 2.45) is 11.8 Å². The van der Waals surface area contributed by atoms with Crippen LogP contribution in [0.2, 0.25) is 0 Å². The topological polar surface area (TPSA) is 12.0 Å². The predicted molar refractivity (Wildman–Crippen MR) is 75.5 cm³/mol. The monoisotopic (exact) mass is 255 g/mol. The molecule has 0 aromatic rings. The number of hydrogen-bond donors (Lipinski definition) is 1. The predicted octanol–water partition coefficient (Wildman–Crippen LogP) is 4.46. The molecule has 1 N–H and O–H groups in total. The molecule has 2 rings (SSSR count). The van der Waals surface area contributed by atoms with Crippen molar-refractivity contribution in [3.63, 3.8) is 0 Å². The third-order valence-electron chi connectivity index (χ3n) is 5.27. The molecule has 1 aliphatic heterocycles. The lowest BCUT2D eigenvalue weighted by Gasteiger charge is -2.39. The summed E-state index contributed by atoms with van der Waals surface area (Å²) in [6.07, 6.45) is 10.5. The Labute approximate surface area is 112 Å². The smallest absolute Gasteiger partial charge is 0.112 e. The number of halogens is 1. The minimum Gasteiger partial charge on any atom is -0.314 e. The van der Waals surface area contributed by atoms with E-state index in [2.05, 4.69) is 12.2 Å². The van der Waals surface area contributed by atoms with Gasteiger partial charge in [-0.2, -0.15) is 0 Å². The van der Waals surface area contributed by atoms with Gasteiger partial charge in [0.1, 0.15) is 5.67 Å². The number of hydrogen-bond acceptors (Lipinski definition) is 1. The minimum absolute atomic E-state index is 0.305. The summed E-state index contributed by atoms with van der Waals surface area (Å²) in [5.41, 5.74) is -0.956. The molecule has 0 radical (unpaired) electrons. The molecule has 2 heteroatoms. The highest BCUT2D eigenvalue weighted by Crippen LogP contribution is 2.41. The van der Waals surface area contributed by atoms with Gasteiger partial charge >= 0.3 is 0 Å². The zero-order valence-corrected chi connectivity index (χ0v) is 12.2.